The van der Waals surface area contributed by atoms with Crippen molar-refractivity contribution in [3.8, 4) is 0 Å². The van der Waals surface area contributed by atoms with Crippen LogP contribution in [0.1, 0.15) is 23.7 Å². The van der Waals surface area contributed by atoms with E-state index in [2.05, 4.69) is 21.0 Å². The minimum atomic E-state index is -0.0649. The topological polar surface area (TPSA) is 43.8 Å². The van der Waals surface area contributed by atoms with Crippen LogP contribution in [0, 0.1) is 0 Å². The van der Waals surface area contributed by atoms with Gasteiger partial charge in [0.2, 0.25) is 0 Å². The van der Waals surface area contributed by atoms with Crippen LogP contribution in [0.2, 0.25) is 5.02 Å². The zero-order valence-corrected chi connectivity index (χ0v) is 12.4. The molecule has 0 saturated carbocycles. The van der Waals surface area contributed by atoms with Crippen molar-refractivity contribution in [2.75, 3.05) is 0 Å². The molecule has 2 aromatic rings. The molecule has 0 spiro atoms. The number of halogens is 2. The highest BCUT2D eigenvalue weighted by molar-refractivity contribution is 9.10. The second-order valence-electron chi connectivity index (χ2n) is 4.23. The Balaban J connectivity index is 2.06. The maximum atomic E-state index is 6.24. The van der Waals surface area contributed by atoms with E-state index in [4.69, 9.17) is 17.3 Å². The summed E-state index contributed by atoms with van der Waals surface area (Å²) in [7, 11) is 1.94. The van der Waals surface area contributed by atoms with Crippen LogP contribution in [0.5, 0.6) is 0 Å². The van der Waals surface area contributed by atoms with Crippen molar-refractivity contribution in [1.82, 2.24) is 9.78 Å². The summed E-state index contributed by atoms with van der Waals surface area (Å²) in [6, 6.07) is 7.79. The van der Waals surface area contributed by atoms with Crippen LogP contribution in [0.25, 0.3) is 0 Å². The first-order chi connectivity index (χ1) is 8.59. The molecule has 2 rings (SSSR count). The van der Waals surface area contributed by atoms with Gasteiger partial charge in [-0.05, 0) is 46.5 Å². The molecule has 1 heterocycles. The molecule has 0 aliphatic carbocycles. The van der Waals surface area contributed by atoms with E-state index in [9.17, 15) is 0 Å². The minimum absolute atomic E-state index is 0.0649. The lowest BCUT2D eigenvalue weighted by Gasteiger charge is -2.14. The lowest BCUT2D eigenvalue weighted by molar-refractivity contribution is 0.614. The largest absolute Gasteiger partial charge is 0.324 e. The second kappa shape index (κ2) is 5.87. The van der Waals surface area contributed by atoms with Crippen molar-refractivity contribution in [2.24, 2.45) is 12.8 Å². The summed E-state index contributed by atoms with van der Waals surface area (Å²) in [5.74, 6) is 0. The maximum Gasteiger partial charge on any atom is 0.0595 e. The molecular formula is C13H15BrClN3. The molecule has 1 aromatic heterocycles. The first-order valence-corrected chi connectivity index (χ1v) is 6.93. The number of rotatable bonds is 4. The molecule has 0 aliphatic heterocycles. The van der Waals surface area contributed by atoms with Gasteiger partial charge >= 0.3 is 0 Å². The Bertz CT molecular complexity index is 539. The van der Waals surface area contributed by atoms with E-state index in [-0.39, 0.29) is 6.04 Å². The zero-order valence-electron chi connectivity index (χ0n) is 10.1. The van der Waals surface area contributed by atoms with Gasteiger partial charge in [-0.1, -0.05) is 23.7 Å². The Hall–Kier alpha value is -0.840. The summed E-state index contributed by atoms with van der Waals surface area (Å²) in [4.78, 5) is 0. The molecular weight excluding hydrogens is 314 g/mol. The Labute approximate surface area is 120 Å². The van der Waals surface area contributed by atoms with E-state index in [0.717, 1.165) is 22.9 Å². The lowest BCUT2D eigenvalue weighted by Crippen LogP contribution is -2.13. The van der Waals surface area contributed by atoms with Gasteiger partial charge in [0.1, 0.15) is 0 Å². The standard InChI is InChI=1S/C13H15BrClN3/c1-18-9(7-8-17-18)5-6-12(16)10-3-2-4-11(14)13(10)15/h2-4,7-8,12H,5-6,16H2,1H3. The average Bonchev–Trinajstić information content (AvgIpc) is 2.75. The fourth-order valence-electron chi connectivity index (χ4n) is 1.91. The Morgan fingerprint density at radius 2 is 2.22 bits per heavy atom. The smallest absolute Gasteiger partial charge is 0.0595 e. The van der Waals surface area contributed by atoms with Crippen molar-refractivity contribution in [2.45, 2.75) is 18.9 Å². The SMILES string of the molecule is Cn1nccc1CCC(N)c1cccc(Br)c1Cl. The molecule has 0 saturated heterocycles. The molecule has 1 atom stereocenters. The summed E-state index contributed by atoms with van der Waals surface area (Å²) >= 11 is 9.65. The van der Waals surface area contributed by atoms with Crippen LogP contribution >= 0.6 is 27.5 Å². The summed E-state index contributed by atoms with van der Waals surface area (Å²) in [5.41, 5.74) is 8.35. The van der Waals surface area contributed by atoms with E-state index in [0.29, 0.717) is 5.02 Å². The molecule has 0 bridgehead atoms. The van der Waals surface area contributed by atoms with Gasteiger partial charge in [0.15, 0.2) is 0 Å². The Morgan fingerprint density at radius 1 is 1.44 bits per heavy atom. The monoisotopic (exact) mass is 327 g/mol. The highest BCUT2D eigenvalue weighted by Crippen LogP contribution is 2.30. The van der Waals surface area contributed by atoms with Gasteiger partial charge in [0.05, 0.1) is 5.02 Å². The first-order valence-electron chi connectivity index (χ1n) is 5.76. The Morgan fingerprint density at radius 3 is 2.89 bits per heavy atom. The molecule has 0 amide bonds. The zero-order chi connectivity index (χ0) is 13.1. The molecule has 18 heavy (non-hydrogen) atoms. The number of aromatic nitrogens is 2. The summed E-state index contributed by atoms with van der Waals surface area (Å²) in [5, 5.41) is 4.84. The van der Waals surface area contributed by atoms with Gasteiger partial charge in [0.25, 0.3) is 0 Å². The summed E-state index contributed by atoms with van der Waals surface area (Å²) < 4.78 is 2.76. The van der Waals surface area contributed by atoms with Crippen molar-refractivity contribution in [3.05, 3.63) is 51.2 Å². The van der Waals surface area contributed by atoms with Crippen LogP contribution in [0.4, 0.5) is 0 Å². The number of nitrogens with zero attached hydrogens (tertiary/aromatic N) is 2. The summed E-state index contributed by atoms with van der Waals surface area (Å²) in [6.45, 7) is 0. The van der Waals surface area contributed by atoms with E-state index in [1.54, 1.807) is 6.20 Å². The lowest BCUT2D eigenvalue weighted by atomic mass is 10.0. The Kier molecular flexibility index (Phi) is 4.43. The van der Waals surface area contributed by atoms with Gasteiger partial charge in [-0.3, -0.25) is 4.68 Å². The fourth-order valence-corrected chi connectivity index (χ4v) is 2.56. The highest BCUT2D eigenvalue weighted by Gasteiger charge is 2.12. The van der Waals surface area contributed by atoms with Gasteiger partial charge < -0.3 is 5.73 Å². The predicted molar refractivity (Wildman–Crippen MR) is 77.6 cm³/mol. The number of hydrogen-bond donors (Lipinski definition) is 1. The van der Waals surface area contributed by atoms with Crippen LogP contribution in [0.3, 0.4) is 0 Å². The van der Waals surface area contributed by atoms with Crippen molar-refractivity contribution in [1.29, 1.82) is 0 Å². The molecule has 5 heteroatoms. The third-order valence-corrected chi connectivity index (χ3v) is 4.33. The van der Waals surface area contributed by atoms with Crippen LogP contribution in [0.15, 0.2) is 34.9 Å². The van der Waals surface area contributed by atoms with Gasteiger partial charge in [-0.2, -0.15) is 5.10 Å². The third kappa shape index (κ3) is 2.94. The molecule has 1 unspecified atom stereocenters. The van der Waals surface area contributed by atoms with E-state index in [1.807, 2.05) is 36.0 Å². The fraction of sp³-hybridized carbons (Fsp3) is 0.308. The molecule has 96 valence electrons. The molecule has 3 nitrogen and oxygen atoms in total. The van der Waals surface area contributed by atoms with E-state index < -0.39 is 0 Å². The molecule has 1 aromatic carbocycles. The van der Waals surface area contributed by atoms with E-state index >= 15 is 0 Å². The molecule has 0 radical (unpaired) electrons. The van der Waals surface area contributed by atoms with Gasteiger partial charge in [0, 0.05) is 29.5 Å². The molecule has 0 aliphatic rings. The molecule has 0 fully saturated rings. The van der Waals surface area contributed by atoms with Crippen molar-refractivity contribution >= 4 is 27.5 Å². The highest BCUT2D eigenvalue weighted by atomic mass is 79.9. The average molecular weight is 329 g/mol. The number of hydrogen-bond acceptors (Lipinski definition) is 2. The second-order valence-corrected chi connectivity index (χ2v) is 5.47. The number of aryl methyl sites for hydroxylation is 2. The van der Waals surface area contributed by atoms with E-state index in [1.165, 1.54) is 5.69 Å². The number of benzene rings is 1. The van der Waals surface area contributed by atoms with Crippen LogP contribution < -0.4 is 5.73 Å². The summed E-state index contributed by atoms with van der Waals surface area (Å²) in [6.07, 6.45) is 3.53. The normalized spacial score (nSPS) is 12.7. The van der Waals surface area contributed by atoms with Crippen LogP contribution in [-0.4, -0.2) is 9.78 Å². The van der Waals surface area contributed by atoms with Gasteiger partial charge in [-0.25, -0.2) is 0 Å². The maximum absolute atomic E-state index is 6.24. The number of nitrogens with two attached hydrogens (primary N) is 1. The van der Waals surface area contributed by atoms with Crippen molar-refractivity contribution < 1.29 is 0 Å². The molecule has 2 N–H and O–H groups in total. The third-order valence-electron chi connectivity index (χ3n) is 3.01. The quantitative estimate of drug-likeness (QED) is 0.934. The van der Waals surface area contributed by atoms with Crippen LogP contribution in [-0.2, 0) is 13.5 Å². The van der Waals surface area contributed by atoms with Gasteiger partial charge in [-0.15, -0.1) is 0 Å². The predicted octanol–water partition coefficient (Wildman–Crippen LogP) is 3.47. The minimum Gasteiger partial charge on any atom is -0.324 e. The van der Waals surface area contributed by atoms with Crippen molar-refractivity contribution in [3.63, 3.8) is 0 Å². The first kappa shape index (κ1) is 13.6.